The summed E-state index contributed by atoms with van der Waals surface area (Å²) in [7, 11) is 0. The van der Waals surface area contributed by atoms with Crippen molar-refractivity contribution in [1.82, 2.24) is 19.7 Å². The Bertz CT molecular complexity index is 776. The third kappa shape index (κ3) is 3.84. The molecule has 2 aromatic rings. The average Bonchev–Trinajstić information content (AvgIpc) is 3.00. The van der Waals surface area contributed by atoms with Crippen LogP contribution in [0.25, 0.3) is 0 Å². The lowest BCUT2D eigenvalue weighted by atomic mass is 10.0. The highest BCUT2D eigenvalue weighted by molar-refractivity contribution is 5.76. The molecule has 2 N–H and O–H groups in total. The summed E-state index contributed by atoms with van der Waals surface area (Å²) in [5.74, 6) is 0.540. The summed E-state index contributed by atoms with van der Waals surface area (Å²) in [5, 5.41) is 8.24. The summed E-state index contributed by atoms with van der Waals surface area (Å²) >= 11 is 0. The number of hydrogen-bond donors (Lipinski definition) is 1. The molecule has 134 valence electrons. The lowest BCUT2D eigenvalue weighted by Crippen LogP contribution is -2.41. The molecule has 0 saturated heterocycles. The number of carbonyl (C=O) groups is 1. The maximum absolute atomic E-state index is 13.7. The number of nitrogens with zero attached hydrogens (tertiary/aromatic N) is 4. The molecule has 0 unspecified atom stereocenters. The van der Waals surface area contributed by atoms with Crippen LogP contribution in [0.15, 0.2) is 18.2 Å². The second kappa shape index (κ2) is 7.26. The quantitative estimate of drug-likeness (QED) is 0.886. The molecule has 1 aromatic heterocycles. The van der Waals surface area contributed by atoms with Gasteiger partial charge in [0.25, 0.3) is 0 Å². The number of rotatable bonds is 5. The van der Waals surface area contributed by atoms with Gasteiger partial charge < -0.3 is 15.2 Å². The van der Waals surface area contributed by atoms with E-state index >= 15 is 0 Å². The van der Waals surface area contributed by atoms with E-state index in [0.29, 0.717) is 19.6 Å². The fourth-order valence-corrected chi connectivity index (χ4v) is 3.10. The molecule has 0 spiro atoms. The van der Waals surface area contributed by atoms with Gasteiger partial charge in [-0.15, -0.1) is 10.2 Å². The third-order valence-electron chi connectivity index (χ3n) is 4.43. The van der Waals surface area contributed by atoms with Gasteiger partial charge in [-0.3, -0.25) is 4.79 Å². The van der Waals surface area contributed by atoms with Crippen molar-refractivity contribution in [3.63, 3.8) is 0 Å². The fraction of sp³-hybridized carbons (Fsp3) is 0.471. The molecule has 1 amide bonds. The lowest BCUT2D eigenvalue weighted by molar-refractivity contribution is -0.133. The van der Waals surface area contributed by atoms with Crippen molar-refractivity contribution >= 4 is 5.91 Å². The summed E-state index contributed by atoms with van der Waals surface area (Å²) in [6, 6.07) is 2.68. The van der Waals surface area contributed by atoms with E-state index in [4.69, 9.17) is 5.73 Å². The Morgan fingerprint density at radius 2 is 2.12 bits per heavy atom. The Balaban J connectivity index is 1.59. The number of amides is 1. The van der Waals surface area contributed by atoms with Gasteiger partial charge in [0.1, 0.15) is 17.5 Å². The SMILES string of the molecule is CCc1nnc2n1CCN(C(=O)C[C@H](N)Cc1cc(F)ccc1F)C2. The lowest BCUT2D eigenvalue weighted by Gasteiger charge is -2.28. The Labute approximate surface area is 144 Å². The molecular weight excluding hydrogens is 328 g/mol. The molecule has 2 heterocycles. The second-order valence-electron chi connectivity index (χ2n) is 6.26. The van der Waals surface area contributed by atoms with E-state index in [-0.39, 0.29) is 24.3 Å². The van der Waals surface area contributed by atoms with Crippen molar-refractivity contribution < 1.29 is 13.6 Å². The minimum absolute atomic E-state index is 0.0741. The molecule has 3 rings (SSSR count). The van der Waals surface area contributed by atoms with Crippen molar-refractivity contribution in [2.45, 2.75) is 45.3 Å². The molecule has 1 aliphatic heterocycles. The molecule has 0 saturated carbocycles. The van der Waals surface area contributed by atoms with Crippen molar-refractivity contribution in [2.75, 3.05) is 6.54 Å². The fourth-order valence-electron chi connectivity index (χ4n) is 3.10. The number of benzene rings is 1. The van der Waals surface area contributed by atoms with Gasteiger partial charge in [-0.05, 0) is 30.2 Å². The van der Waals surface area contributed by atoms with Gasteiger partial charge in [0, 0.05) is 32.0 Å². The molecule has 0 radical (unpaired) electrons. The maximum Gasteiger partial charge on any atom is 0.224 e. The van der Waals surface area contributed by atoms with Crippen LogP contribution in [0.2, 0.25) is 0 Å². The first-order chi connectivity index (χ1) is 12.0. The molecule has 0 bridgehead atoms. The molecule has 25 heavy (non-hydrogen) atoms. The number of carbonyl (C=O) groups excluding carboxylic acids is 1. The average molecular weight is 349 g/mol. The zero-order valence-corrected chi connectivity index (χ0v) is 14.1. The summed E-state index contributed by atoms with van der Waals surface area (Å²) in [6.07, 6.45) is 0.981. The molecule has 6 nitrogen and oxygen atoms in total. The van der Waals surface area contributed by atoms with E-state index in [0.717, 1.165) is 36.3 Å². The Hall–Kier alpha value is -2.35. The van der Waals surface area contributed by atoms with Crippen LogP contribution in [0.3, 0.4) is 0 Å². The molecule has 1 aliphatic rings. The number of fused-ring (bicyclic) bond motifs is 1. The standard InChI is InChI=1S/C17H21F2N5O/c1-2-15-21-22-16-10-23(5-6-24(15)16)17(25)9-13(20)8-11-7-12(18)3-4-14(11)19/h3-4,7,13H,2,5-6,8-10,20H2,1H3/t13-/m1/s1. The van der Waals surface area contributed by atoms with Crippen molar-refractivity contribution in [3.05, 3.63) is 47.0 Å². The van der Waals surface area contributed by atoms with Crippen molar-refractivity contribution in [1.29, 1.82) is 0 Å². The number of nitrogens with two attached hydrogens (primary N) is 1. The summed E-state index contributed by atoms with van der Waals surface area (Å²) in [6.45, 7) is 3.63. The van der Waals surface area contributed by atoms with Crippen LogP contribution < -0.4 is 5.73 Å². The van der Waals surface area contributed by atoms with E-state index < -0.39 is 17.7 Å². The zero-order chi connectivity index (χ0) is 18.0. The first kappa shape index (κ1) is 17.5. The smallest absolute Gasteiger partial charge is 0.224 e. The van der Waals surface area contributed by atoms with Crippen LogP contribution in [0.4, 0.5) is 8.78 Å². The normalized spacial score (nSPS) is 15.1. The molecule has 1 aromatic carbocycles. The van der Waals surface area contributed by atoms with Gasteiger partial charge in [0.05, 0.1) is 6.54 Å². The first-order valence-corrected chi connectivity index (χ1v) is 8.36. The summed E-state index contributed by atoms with van der Waals surface area (Å²) in [5.41, 5.74) is 6.17. The third-order valence-corrected chi connectivity index (χ3v) is 4.43. The predicted molar refractivity (Wildman–Crippen MR) is 87.5 cm³/mol. The summed E-state index contributed by atoms with van der Waals surface area (Å²) in [4.78, 5) is 14.1. The van der Waals surface area contributed by atoms with E-state index in [9.17, 15) is 13.6 Å². The van der Waals surface area contributed by atoms with E-state index in [1.165, 1.54) is 0 Å². The molecule has 0 fully saturated rings. The highest BCUT2D eigenvalue weighted by atomic mass is 19.1. The Kier molecular flexibility index (Phi) is 5.08. The van der Waals surface area contributed by atoms with Crippen LogP contribution in [0.1, 0.15) is 30.6 Å². The van der Waals surface area contributed by atoms with E-state index in [1.807, 2.05) is 11.5 Å². The predicted octanol–water partition coefficient (Wildman–Crippen LogP) is 1.42. The maximum atomic E-state index is 13.7. The van der Waals surface area contributed by atoms with E-state index in [2.05, 4.69) is 10.2 Å². The molecule has 1 atom stereocenters. The second-order valence-corrected chi connectivity index (χ2v) is 6.26. The largest absolute Gasteiger partial charge is 0.333 e. The van der Waals surface area contributed by atoms with Crippen LogP contribution in [-0.2, 0) is 30.7 Å². The molecule has 0 aliphatic carbocycles. The topological polar surface area (TPSA) is 77.0 Å². The summed E-state index contributed by atoms with van der Waals surface area (Å²) < 4.78 is 28.9. The van der Waals surface area contributed by atoms with Gasteiger partial charge in [0.15, 0.2) is 5.82 Å². The monoisotopic (exact) mass is 349 g/mol. The molecular formula is C17H21F2N5O. The Morgan fingerprint density at radius 1 is 1.32 bits per heavy atom. The van der Waals surface area contributed by atoms with Crippen LogP contribution in [-0.4, -0.2) is 38.2 Å². The minimum atomic E-state index is -0.574. The van der Waals surface area contributed by atoms with E-state index in [1.54, 1.807) is 4.90 Å². The first-order valence-electron chi connectivity index (χ1n) is 8.36. The van der Waals surface area contributed by atoms with Crippen molar-refractivity contribution in [2.24, 2.45) is 5.73 Å². The van der Waals surface area contributed by atoms with Gasteiger partial charge in [0.2, 0.25) is 5.91 Å². The highest BCUT2D eigenvalue weighted by Gasteiger charge is 2.25. The highest BCUT2D eigenvalue weighted by Crippen LogP contribution is 2.16. The zero-order valence-electron chi connectivity index (χ0n) is 14.1. The van der Waals surface area contributed by atoms with Crippen LogP contribution in [0, 0.1) is 11.6 Å². The number of aryl methyl sites for hydroxylation is 1. The van der Waals surface area contributed by atoms with Crippen LogP contribution in [0.5, 0.6) is 0 Å². The molecule has 8 heteroatoms. The minimum Gasteiger partial charge on any atom is -0.333 e. The van der Waals surface area contributed by atoms with Gasteiger partial charge in [-0.2, -0.15) is 0 Å². The Morgan fingerprint density at radius 3 is 2.88 bits per heavy atom. The van der Waals surface area contributed by atoms with Crippen LogP contribution >= 0.6 is 0 Å². The van der Waals surface area contributed by atoms with Crippen molar-refractivity contribution in [3.8, 4) is 0 Å². The van der Waals surface area contributed by atoms with Gasteiger partial charge >= 0.3 is 0 Å². The van der Waals surface area contributed by atoms with Gasteiger partial charge in [-0.1, -0.05) is 6.92 Å². The number of halogens is 2. The number of hydrogen-bond acceptors (Lipinski definition) is 4. The number of aromatic nitrogens is 3. The van der Waals surface area contributed by atoms with Gasteiger partial charge in [-0.25, -0.2) is 8.78 Å².